The van der Waals surface area contributed by atoms with Crippen LogP contribution in [-0.4, -0.2) is 22.9 Å². The predicted molar refractivity (Wildman–Crippen MR) is 110 cm³/mol. The molecule has 2 aromatic carbocycles. The van der Waals surface area contributed by atoms with E-state index in [4.69, 9.17) is 11.9 Å². The monoisotopic (exact) mass is 416 g/mol. The molecule has 3 aromatic rings. The number of alkyl halides is 1. The summed E-state index contributed by atoms with van der Waals surface area (Å²) in [5.41, 5.74) is 2.16. The summed E-state index contributed by atoms with van der Waals surface area (Å²) in [5.74, 6) is -0.311. The fourth-order valence-electron chi connectivity index (χ4n) is 1.95. The van der Waals surface area contributed by atoms with Gasteiger partial charge in [0.05, 0.1) is 38.1 Å². The van der Waals surface area contributed by atoms with Gasteiger partial charge in [0, 0.05) is 36.9 Å². The summed E-state index contributed by atoms with van der Waals surface area (Å²) < 4.78 is 29.5. The Morgan fingerprint density at radius 2 is 1.63 bits per heavy atom. The Balaban J connectivity index is 0. The number of aliphatic imine (C=N–C) groups is 1. The summed E-state index contributed by atoms with van der Waals surface area (Å²) in [5, 5.41) is 16.8. The van der Waals surface area contributed by atoms with Crippen molar-refractivity contribution in [2.75, 3.05) is 7.15 Å². The first kappa shape index (κ1) is 24.9. The van der Waals surface area contributed by atoms with Crippen LogP contribution in [0.1, 0.15) is 20.3 Å². The molecule has 148 valence electrons. The fraction of sp³-hybridized carbons (Fsp3) is 0.0909. The molecular formula is C22H20F2N5Na. The second-order valence-electron chi connectivity index (χ2n) is 5.20. The molecule has 2 heterocycles. The van der Waals surface area contributed by atoms with E-state index in [1.165, 1.54) is 24.3 Å². The molecule has 0 aliphatic carbocycles. The molecule has 0 unspecified atom stereocenters. The van der Waals surface area contributed by atoms with Gasteiger partial charge in [-0.1, -0.05) is 6.08 Å². The summed E-state index contributed by atoms with van der Waals surface area (Å²) in [6, 6.07) is 16.7. The van der Waals surface area contributed by atoms with Crippen molar-refractivity contribution in [1.29, 1.82) is 10.5 Å². The van der Waals surface area contributed by atoms with Gasteiger partial charge in [0.15, 0.2) is 0 Å². The quantitative estimate of drug-likeness (QED) is 0.570. The molecule has 1 aliphatic heterocycles. The van der Waals surface area contributed by atoms with E-state index in [0.29, 0.717) is 11.1 Å². The van der Waals surface area contributed by atoms with Crippen molar-refractivity contribution in [3.63, 3.8) is 0 Å². The molecule has 0 fully saturated rings. The SMILES string of the molecule is C1=CN=CC1.N#Cc1ccc(-n2ccnc2)cc1.N#Cc1ccc(F)cc1.[2H]CF.[H-].[Na+]. The predicted octanol–water partition coefficient (Wildman–Crippen LogP) is 2.12. The van der Waals surface area contributed by atoms with Crippen molar-refractivity contribution >= 4 is 6.21 Å². The Labute approximate surface area is 199 Å². The van der Waals surface area contributed by atoms with Gasteiger partial charge in [-0.15, -0.1) is 0 Å². The summed E-state index contributed by atoms with van der Waals surface area (Å²) in [6.07, 6.45) is 12.0. The number of hydrogen-bond donors (Lipinski definition) is 0. The van der Waals surface area contributed by atoms with Crippen molar-refractivity contribution in [1.82, 2.24) is 9.55 Å². The van der Waals surface area contributed by atoms with Gasteiger partial charge in [0.1, 0.15) is 5.82 Å². The van der Waals surface area contributed by atoms with Crippen LogP contribution < -0.4 is 29.6 Å². The Morgan fingerprint density at radius 3 is 2.00 bits per heavy atom. The molecule has 0 saturated carbocycles. The Hall–Kier alpha value is -3.10. The molecule has 8 heteroatoms. The molecular weight excluding hydrogens is 395 g/mol. The van der Waals surface area contributed by atoms with Crippen molar-refractivity contribution < 1.29 is 41.1 Å². The van der Waals surface area contributed by atoms with E-state index in [2.05, 4.69) is 16.0 Å². The molecule has 1 aromatic heterocycles. The largest absolute Gasteiger partial charge is 1.00 e. The van der Waals surface area contributed by atoms with Gasteiger partial charge in [-0.05, 0) is 48.5 Å². The van der Waals surface area contributed by atoms with E-state index >= 15 is 0 Å². The van der Waals surface area contributed by atoms with Crippen molar-refractivity contribution in [3.05, 3.63) is 96.5 Å². The van der Waals surface area contributed by atoms with Gasteiger partial charge in [0.25, 0.3) is 0 Å². The first-order valence-corrected chi connectivity index (χ1v) is 8.30. The van der Waals surface area contributed by atoms with E-state index in [1.54, 1.807) is 30.9 Å². The van der Waals surface area contributed by atoms with Gasteiger partial charge < -0.3 is 5.99 Å². The molecule has 0 bridgehead atoms. The van der Waals surface area contributed by atoms with E-state index in [1.807, 2.05) is 41.3 Å². The molecule has 4 rings (SSSR count). The number of rotatable bonds is 1. The molecule has 1 aliphatic rings. The minimum absolute atomic E-state index is 0. The zero-order valence-electron chi connectivity index (χ0n) is 18.5. The second kappa shape index (κ2) is 16.8. The third-order valence-corrected chi connectivity index (χ3v) is 3.31. The number of nitrogens with zero attached hydrogens (tertiary/aromatic N) is 5. The Kier molecular flexibility index (Phi) is 14.0. The number of benzene rings is 2. The van der Waals surface area contributed by atoms with Gasteiger partial charge >= 0.3 is 29.6 Å². The summed E-state index contributed by atoms with van der Waals surface area (Å²) in [4.78, 5) is 7.72. The van der Waals surface area contributed by atoms with Crippen LogP contribution in [0.15, 0.2) is 84.5 Å². The molecule has 0 saturated heterocycles. The van der Waals surface area contributed by atoms with Crippen LogP contribution in [0.2, 0.25) is 0 Å². The summed E-state index contributed by atoms with van der Waals surface area (Å²) in [7, 11) is -1.00. The van der Waals surface area contributed by atoms with E-state index in [0.717, 1.165) is 12.1 Å². The number of nitriles is 2. The van der Waals surface area contributed by atoms with Crippen LogP contribution in [0.3, 0.4) is 0 Å². The maximum Gasteiger partial charge on any atom is 1.00 e. The third kappa shape index (κ3) is 10.4. The van der Waals surface area contributed by atoms with Crippen LogP contribution in [0, 0.1) is 28.5 Å². The second-order valence-corrected chi connectivity index (χ2v) is 5.20. The molecule has 0 amide bonds. The molecule has 0 atom stereocenters. The smallest absolute Gasteiger partial charge is 1.00 e. The number of aromatic nitrogens is 2. The maximum absolute atomic E-state index is 12.1. The third-order valence-electron chi connectivity index (χ3n) is 3.31. The number of imidazole rings is 1. The number of halogens is 2. The Morgan fingerprint density at radius 1 is 1.07 bits per heavy atom. The van der Waals surface area contributed by atoms with Crippen molar-refractivity contribution in [2.24, 2.45) is 4.99 Å². The van der Waals surface area contributed by atoms with Gasteiger partial charge in [-0.25, -0.2) is 9.37 Å². The summed E-state index contributed by atoms with van der Waals surface area (Å²) >= 11 is 0. The maximum atomic E-state index is 12.1. The molecule has 30 heavy (non-hydrogen) atoms. The average Bonchev–Trinajstić information content (AvgIpc) is 3.52. The van der Waals surface area contributed by atoms with Crippen molar-refractivity contribution in [2.45, 2.75) is 6.42 Å². The minimum Gasteiger partial charge on any atom is -1.00 e. The first-order chi connectivity index (χ1) is 14.6. The molecule has 0 N–H and O–H groups in total. The molecule has 5 nitrogen and oxygen atoms in total. The van der Waals surface area contributed by atoms with Crippen molar-refractivity contribution in [3.8, 4) is 17.8 Å². The number of allylic oxidation sites excluding steroid dienone is 1. The van der Waals surface area contributed by atoms with Gasteiger partial charge in [0.2, 0.25) is 0 Å². The number of hydrogen-bond acceptors (Lipinski definition) is 4. The summed E-state index contributed by atoms with van der Waals surface area (Å²) in [6.45, 7) is 0. The topological polar surface area (TPSA) is 77.8 Å². The van der Waals surface area contributed by atoms with Crippen LogP contribution in [0.25, 0.3) is 5.69 Å². The van der Waals surface area contributed by atoms with E-state index < -0.39 is 7.15 Å². The zero-order chi connectivity index (χ0) is 22.0. The van der Waals surface area contributed by atoms with E-state index in [-0.39, 0.29) is 36.8 Å². The van der Waals surface area contributed by atoms with Crippen LogP contribution in [-0.2, 0) is 0 Å². The van der Waals surface area contributed by atoms with Crippen LogP contribution >= 0.6 is 0 Å². The average molecular weight is 416 g/mol. The van der Waals surface area contributed by atoms with E-state index in [9.17, 15) is 8.78 Å². The minimum atomic E-state index is -1.00. The fourth-order valence-corrected chi connectivity index (χ4v) is 1.95. The van der Waals surface area contributed by atoms with Gasteiger partial charge in [-0.3, -0.25) is 9.38 Å². The van der Waals surface area contributed by atoms with Gasteiger partial charge in [-0.2, -0.15) is 10.5 Å². The van der Waals surface area contributed by atoms with Crippen LogP contribution in [0.5, 0.6) is 0 Å². The van der Waals surface area contributed by atoms with Crippen LogP contribution in [0.4, 0.5) is 8.78 Å². The first-order valence-electron chi connectivity index (χ1n) is 9.01. The molecule has 0 radical (unpaired) electrons. The normalized spacial score (nSPS) is 10.2. The molecule has 0 spiro atoms. The standard InChI is InChI=1S/C10H7N3.C7H4FN.C4H5N.CH3F.Na.H/c11-7-9-1-3-10(4-2-9)13-6-5-12-8-13;8-7-3-1-6(5-9)2-4-7;1-2-4-5-3-1;1-2;;/h1-6,8H;1-4H;1,3-4H,2H2;1H3;;/q;;;;+1;-1/i;;;1D;;. The Bertz CT molecular complexity index is 985. The zero-order valence-corrected chi connectivity index (χ0v) is 18.5.